The van der Waals surface area contributed by atoms with Crippen LogP contribution in [0.2, 0.25) is 0 Å². The number of hydrogen-bond donors (Lipinski definition) is 1. The van der Waals surface area contributed by atoms with E-state index in [0.29, 0.717) is 18.2 Å². The summed E-state index contributed by atoms with van der Waals surface area (Å²) in [6.45, 7) is 4.08. The van der Waals surface area contributed by atoms with Gasteiger partial charge < -0.3 is 10.6 Å². The normalized spacial score (nSPS) is 14.8. The molecule has 1 aliphatic heterocycles. The number of nitrogens with two attached hydrogens (primary N) is 1. The molecule has 1 aliphatic rings. The fraction of sp³-hybridized carbons (Fsp3) is 0.190. The van der Waals surface area contributed by atoms with Gasteiger partial charge in [-0.1, -0.05) is 34.1 Å². The third-order valence-corrected chi connectivity index (χ3v) is 5.62. The summed E-state index contributed by atoms with van der Waals surface area (Å²) < 4.78 is 4.33. The fourth-order valence-corrected chi connectivity index (χ4v) is 3.69. The number of fused-ring (bicyclic) bond motifs is 2. The molecular formula is C21H20BrN9. The lowest BCUT2D eigenvalue weighted by Crippen LogP contribution is -2.33. The Morgan fingerprint density at radius 1 is 1.16 bits per heavy atom. The van der Waals surface area contributed by atoms with Gasteiger partial charge in [0.25, 0.3) is 0 Å². The first-order chi connectivity index (χ1) is 15.1. The SMILES string of the molecule is C/C(Br)=C(/N)n1ncc(-c2cnc3ccccc3c2)c1/N=C/N1CCn2ncnc2C1. The van der Waals surface area contributed by atoms with Gasteiger partial charge in [0.15, 0.2) is 5.82 Å². The first kappa shape index (κ1) is 19.4. The quantitative estimate of drug-likeness (QED) is 0.357. The third-order valence-electron chi connectivity index (χ3n) is 5.21. The summed E-state index contributed by atoms with van der Waals surface area (Å²) in [5.74, 6) is 2.03. The van der Waals surface area contributed by atoms with E-state index in [2.05, 4.69) is 47.1 Å². The van der Waals surface area contributed by atoms with Crippen molar-refractivity contribution < 1.29 is 0 Å². The smallest absolute Gasteiger partial charge is 0.166 e. The first-order valence-corrected chi connectivity index (χ1v) is 10.6. The predicted octanol–water partition coefficient (Wildman–Crippen LogP) is 3.37. The molecule has 0 unspecified atom stereocenters. The minimum atomic E-state index is 0.477. The van der Waals surface area contributed by atoms with Gasteiger partial charge >= 0.3 is 0 Å². The van der Waals surface area contributed by atoms with Crippen LogP contribution < -0.4 is 5.73 Å². The Balaban J connectivity index is 1.55. The van der Waals surface area contributed by atoms with E-state index in [1.807, 2.05) is 48.4 Å². The summed E-state index contributed by atoms with van der Waals surface area (Å²) in [7, 11) is 0. The molecule has 5 rings (SSSR count). The molecule has 10 heteroatoms. The van der Waals surface area contributed by atoms with Crippen LogP contribution >= 0.6 is 15.9 Å². The maximum Gasteiger partial charge on any atom is 0.166 e. The largest absolute Gasteiger partial charge is 0.383 e. The van der Waals surface area contributed by atoms with E-state index in [0.717, 1.165) is 45.4 Å². The second-order valence-electron chi connectivity index (χ2n) is 7.24. The molecule has 0 bridgehead atoms. The maximum atomic E-state index is 6.29. The lowest BCUT2D eigenvalue weighted by Gasteiger charge is -2.24. The van der Waals surface area contributed by atoms with Crippen molar-refractivity contribution in [3.05, 3.63) is 59.4 Å². The summed E-state index contributed by atoms with van der Waals surface area (Å²) >= 11 is 3.45. The second kappa shape index (κ2) is 7.95. The molecule has 0 fully saturated rings. The first-order valence-electron chi connectivity index (χ1n) is 9.80. The van der Waals surface area contributed by atoms with E-state index in [9.17, 15) is 0 Å². The van der Waals surface area contributed by atoms with E-state index in [4.69, 9.17) is 10.7 Å². The Bertz CT molecular complexity index is 1310. The Morgan fingerprint density at radius 3 is 2.90 bits per heavy atom. The zero-order valence-electron chi connectivity index (χ0n) is 16.9. The van der Waals surface area contributed by atoms with Gasteiger partial charge in [0.1, 0.15) is 18.0 Å². The number of benzene rings is 1. The molecule has 0 spiro atoms. The number of aliphatic imine (C=N–C) groups is 1. The molecule has 1 aromatic carbocycles. The van der Waals surface area contributed by atoms with Crippen molar-refractivity contribution in [2.24, 2.45) is 10.7 Å². The Labute approximate surface area is 187 Å². The maximum absolute atomic E-state index is 6.29. The summed E-state index contributed by atoms with van der Waals surface area (Å²) in [5.41, 5.74) is 9.01. The van der Waals surface area contributed by atoms with Crippen LogP contribution in [0.3, 0.4) is 0 Å². The van der Waals surface area contributed by atoms with E-state index >= 15 is 0 Å². The molecule has 3 aromatic heterocycles. The molecule has 2 N–H and O–H groups in total. The van der Waals surface area contributed by atoms with Crippen LogP contribution in [0.15, 0.2) is 58.5 Å². The highest BCUT2D eigenvalue weighted by Crippen LogP contribution is 2.33. The standard InChI is InChI=1S/C21H20BrN9/c1-14(22)20(23)31-21(26-13-29-6-7-30-19(11-29)25-12-28-30)17(10-27-31)16-8-15-4-2-3-5-18(15)24-9-16/h2-5,8-10,12-13H,6-7,11,23H2,1H3/b20-14+,26-13+. The molecule has 0 saturated carbocycles. The molecule has 4 aromatic rings. The van der Waals surface area contributed by atoms with Crippen molar-refractivity contribution in [3.8, 4) is 11.1 Å². The van der Waals surface area contributed by atoms with E-state index in [1.165, 1.54) is 0 Å². The van der Waals surface area contributed by atoms with Crippen molar-refractivity contribution >= 4 is 44.8 Å². The Morgan fingerprint density at radius 2 is 2.03 bits per heavy atom. The van der Waals surface area contributed by atoms with Gasteiger partial charge in [-0.15, -0.1) is 0 Å². The second-order valence-corrected chi connectivity index (χ2v) is 8.43. The summed E-state index contributed by atoms with van der Waals surface area (Å²) in [6, 6.07) is 10.1. The lowest BCUT2D eigenvalue weighted by molar-refractivity contribution is 0.323. The topological polar surface area (TPSA) is 103 Å². The van der Waals surface area contributed by atoms with Crippen molar-refractivity contribution in [2.75, 3.05) is 6.54 Å². The van der Waals surface area contributed by atoms with Crippen LogP contribution in [-0.4, -0.2) is 47.3 Å². The molecule has 31 heavy (non-hydrogen) atoms. The molecule has 0 aliphatic carbocycles. The van der Waals surface area contributed by atoms with Gasteiger partial charge in [-0.05, 0) is 19.1 Å². The van der Waals surface area contributed by atoms with Gasteiger partial charge in [0.05, 0.1) is 31.1 Å². The predicted molar refractivity (Wildman–Crippen MR) is 124 cm³/mol. The molecule has 0 radical (unpaired) electrons. The lowest BCUT2D eigenvalue weighted by atomic mass is 10.1. The van der Waals surface area contributed by atoms with E-state index in [1.54, 1.807) is 17.2 Å². The number of allylic oxidation sites excluding steroid dienone is 1. The van der Waals surface area contributed by atoms with Gasteiger partial charge in [-0.25, -0.2) is 14.7 Å². The fourth-order valence-electron chi connectivity index (χ4n) is 3.53. The van der Waals surface area contributed by atoms with Crippen LogP contribution in [-0.2, 0) is 13.1 Å². The van der Waals surface area contributed by atoms with Crippen molar-refractivity contribution in [1.29, 1.82) is 0 Å². The van der Waals surface area contributed by atoms with Crippen molar-refractivity contribution in [1.82, 2.24) is 34.4 Å². The van der Waals surface area contributed by atoms with Gasteiger partial charge in [-0.2, -0.15) is 14.9 Å². The average Bonchev–Trinajstić information content (AvgIpc) is 3.43. The van der Waals surface area contributed by atoms with E-state index in [-0.39, 0.29) is 0 Å². The van der Waals surface area contributed by atoms with Crippen LogP contribution in [0.25, 0.3) is 27.9 Å². The average molecular weight is 478 g/mol. The molecular weight excluding hydrogens is 458 g/mol. The monoisotopic (exact) mass is 477 g/mol. The Kier molecular flexibility index (Phi) is 4.99. The van der Waals surface area contributed by atoms with Gasteiger partial charge in [0, 0.05) is 33.7 Å². The molecule has 0 amide bonds. The number of nitrogens with zero attached hydrogens (tertiary/aromatic N) is 8. The van der Waals surface area contributed by atoms with Gasteiger partial charge in [0.2, 0.25) is 0 Å². The molecule has 0 atom stereocenters. The minimum absolute atomic E-state index is 0.477. The molecule has 9 nitrogen and oxygen atoms in total. The van der Waals surface area contributed by atoms with Crippen molar-refractivity contribution in [2.45, 2.75) is 20.0 Å². The highest BCUT2D eigenvalue weighted by atomic mass is 79.9. The van der Waals surface area contributed by atoms with Crippen LogP contribution in [0.5, 0.6) is 0 Å². The zero-order chi connectivity index (χ0) is 21.4. The summed E-state index contributed by atoms with van der Waals surface area (Å²) in [5, 5.41) is 9.78. The molecule has 156 valence electrons. The van der Waals surface area contributed by atoms with Crippen LogP contribution in [0.1, 0.15) is 12.7 Å². The number of aromatic nitrogens is 6. The molecule has 4 heterocycles. The summed E-state index contributed by atoms with van der Waals surface area (Å²) in [4.78, 5) is 15.8. The number of halogens is 1. The Hall–Kier alpha value is -3.53. The van der Waals surface area contributed by atoms with E-state index < -0.39 is 0 Å². The number of hydrogen-bond acceptors (Lipinski definition) is 6. The zero-order valence-corrected chi connectivity index (χ0v) is 18.4. The van der Waals surface area contributed by atoms with Gasteiger partial charge in [-0.3, -0.25) is 4.98 Å². The van der Waals surface area contributed by atoms with Crippen LogP contribution in [0, 0.1) is 0 Å². The number of para-hydroxylation sites is 1. The third kappa shape index (κ3) is 3.70. The highest BCUT2D eigenvalue weighted by molar-refractivity contribution is 9.11. The number of pyridine rings is 1. The highest BCUT2D eigenvalue weighted by Gasteiger charge is 2.18. The molecule has 0 saturated heterocycles. The summed E-state index contributed by atoms with van der Waals surface area (Å²) in [6.07, 6.45) is 7.02. The van der Waals surface area contributed by atoms with Crippen molar-refractivity contribution in [3.63, 3.8) is 0 Å². The number of rotatable bonds is 4. The van der Waals surface area contributed by atoms with Crippen LogP contribution in [0.4, 0.5) is 5.82 Å². The minimum Gasteiger partial charge on any atom is -0.383 e.